The van der Waals surface area contributed by atoms with Crippen molar-refractivity contribution in [2.75, 3.05) is 0 Å². The van der Waals surface area contributed by atoms with Gasteiger partial charge in [0.1, 0.15) is 0 Å². The first-order valence-corrected chi connectivity index (χ1v) is 4.81. The minimum absolute atomic E-state index is 0.372. The Morgan fingerprint density at radius 3 is 2.17 bits per heavy atom. The van der Waals surface area contributed by atoms with E-state index in [0.29, 0.717) is 5.56 Å². The fourth-order valence-corrected chi connectivity index (χ4v) is 1.15. The first kappa shape index (κ1) is 14.3. The van der Waals surface area contributed by atoms with Crippen molar-refractivity contribution in [3.05, 3.63) is 30.1 Å². The molecule has 100 valence electrons. The van der Waals surface area contributed by atoms with Crippen molar-refractivity contribution in [3.8, 4) is 0 Å². The lowest BCUT2D eigenvalue weighted by Crippen LogP contribution is -2.50. The molecule has 18 heavy (non-hydrogen) atoms. The van der Waals surface area contributed by atoms with Gasteiger partial charge in [0, 0.05) is 12.4 Å². The van der Waals surface area contributed by atoms with E-state index in [1.165, 1.54) is 31.5 Å². The average Bonchev–Trinajstić information content (AvgIpc) is 2.28. The second-order valence-electron chi connectivity index (χ2n) is 3.55. The van der Waals surface area contributed by atoms with Crippen LogP contribution in [-0.4, -0.2) is 23.0 Å². The third kappa shape index (κ3) is 2.93. The van der Waals surface area contributed by atoms with E-state index in [9.17, 15) is 26.7 Å². The van der Waals surface area contributed by atoms with Crippen LogP contribution in [0.1, 0.15) is 18.5 Å². The summed E-state index contributed by atoms with van der Waals surface area (Å²) in [5.74, 6) is -7.78. The summed E-state index contributed by atoms with van der Waals surface area (Å²) in [6.07, 6.45) is -3.24. The van der Waals surface area contributed by atoms with Crippen LogP contribution in [0.2, 0.25) is 0 Å². The van der Waals surface area contributed by atoms with Gasteiger partial charge in [-0.25, -0.2) is 0 Å². The molecule has 1 heterocycles. The van der Waals surface area contributed by atoms with Gasteiger partial charge in [-0.1, -0.05) is 0 Å². The fourth-order valence-electron chi connectivity index (χ4n) is 1.15. The Kier molecular flexibility index (Phi) is 3.88. The Labute approximate surface area is 99.0 Å². The summed E-state index contributed by atoms with van der Waals surface area (Å²) in [4.78, 5) is 14.6. The number of rotatable bonds is 3. The lowest BCUT2D eigenvalue weighted by atomic mass is 10.1. The Balaban J connectivity index is 2.78. The standard InChI is InChI=1S/C10H9F5N2O/c1-6(7-2-4-16-5-3-7)17-8(18)9(11,12)10(13,14)15/h2-6H,1H3,(H,17,18). The number of nitrogens with one attached hydrogen (secondary N) is 1. The van der Waals surface area contributed by atoms with Gasteiger partial charge >= 0.3 is 18.0 Å². The van der Waals surface area contributed by atoms with Gasteiger partial charge in [-0.2, -0.15) is 22.0 Å². The van der Waals surface area contributed by atoms with E-state index in [4.69, 9.17) is 0 Å². The molecule has 0 aliphatic rings. The number of alkyl halides is 5. The summed E-state index contributed by atoms with van der Waals surface area (Å²) in [7, 11) is 0. The minimum atomic E-state index is -5.91. The second kappa shape index (κ2) is 4.87. The average molecular weight is 268 g/mol. The summed E-state index contributed by atoms with van der Waals surface area (Å²) in [5, 5.41) is 1.61. The van der Waals surface area contributed by atoms with Crippen molar-refractivity contribution >= 4 is 5.91 Å². The van der Waals surface area contributed by atoms with Gasteiger partial charge in [-0.3, -0.25) is 9.78 Å². The number of pyridine rings is 1. The summed E-state index contributed by atoms with van der Waals surface area (Å²) >= 11 is 0. The zero-order valence-electron chi connectivity index (χ0n) is 9.13. The highest BCUT2D eigenvalue weighted by atomic mass is 19.4. The molecule has 0 bridgehead atoms. The van der Waals surface area contributed by atoms with E-state index in [1.54, 1.807) is 5.32 Å². The van der Waals surface area contributed by atoms with E-state index in [-0.39, 0.29) is 0 Å². The smallest absolute Gasteiger partial charge is 0.344 e. The largest absolute Gasteiger partial charge is 0.463 e. The van der Waals surface area contributed by atoms with Gasteiger partial charge < -0.3 is 5.32 Å². The maximum Gasteiger partial charge on any atom is 0.463 e. The molecule has 3 nitrogen and oxygen atoms in total. The van der Waals surface area contributed by atoms with E-state index < -0.39 is 24.0 Å². The van der Waals surface area contributed by atoms with Gasteiger partial charge in [-0.05, 0) is 24.6 Å². The van der Waals surface area contributed by atoms with Crippen molar-refractivity contribution < 1.29 is 26.7 Å². The highest BCUT2D eigenvalue weighted by Gasteiger charge is 2.63. The molecular weight excluding hydrogens is 259 g/mol. The molecule has 1 unspecified atom stereocenters. The highest BCUT2D eigenvalue weighted by Crippen LogP contribution is 2.35. The zero-order valence-corrected chi connectivity index (χ0v) is 9.13. The molecule has 1 atom stereocenters. The Morgan fingerprint density at radius 1 is 1.22 bits per heavy atom. The van der Waals surface area contributed by atoms with Gasteiger partial charge in [0.15, 0.2) is 0 Å². The number of nitrogens with zero attached hydrogens (tertiary/aromatic N) is 1. The van der Waals surface area contributed by atoms with Crippen molar-refractivity contribution in [1.82, 2.24) is 10.3 Å². The van der Waals surface area contributed by atoms with Crippen molar-refractivity contribution in [2.45, 2.75) is 25.1 Å². The van der Waals surface area contributed by atoms with E-state index in [1.807, 2.05) is 0 Å². The number of hydrogen-bond donors (Lipinski definition) is 1. The number of halogens is 5. The number of amides is 1. The van der Waals surface area contributed by atoms with Crippen molar-refractivity contribution in [3.63, 3.8) is 0 Å². The molecule has 0 aromatic carbocycles. The Morgan fingerprint density at radius 2 is 1.72 bits per heavy atom. The highest BCUT2D eigenvalue weighted by molar-refractivity contribution is 5.84. The van der Waals surface area contributed by atoms with Crippen LogP contribution in [0.3, 0.4) is 0 Å². The van der Waals surface area contributed by atoms with Crippen LogP contribution >= 0.6 is 0 Å². The Hall–Kier alpha value is -1.73. The lowest BCUT2D eigenvalue weighted by Gasteiger charge is -2.21. The molecule has 1 N–H and O–H groups in total. The molecule has 0 saturated heterocycles. The van der Waals surface area contributed by atoms with E-state index >= 15 is 0 Å². The van der Waals surface area contributed by atoms with E-state index in [2.05, 4.69) is 4.98 Å². The quantitative estimate of drug-likeness (QED) is 0.855. The van der Waals surface area contributed by atoms with Gasteiger partial charge in [0.05, 0.1) is 6.04 Å². The number of hydrogen-bond acceptors (Lipinski definition) is 2. The summed E-state index contributed by atoms with van der Waals surface area (Å²) in [6.45, 7) is 1.29. The van der Waals surface area contributed by atoms with Crippen molar-refractivity contribution in [2.24, 2.45) is 0 Å². The molecule has 1 amide bonds. The maximum atomic E-state index is 12.7. The first-order chi connectivity index (χ1) is 8.16. The maximum absolute atomic E-state index is 12.7. The SMILES string of the molecule is CC(NC(=O)C(F)(F)C(F)(F)F)c1ccncc1. The van der Waals surface area contributed by atoms with Crippen LogP contribution < -0.4 is 5.32 Å². The topological polar surface area (TPSA) is 42.0 Å². The van der Waals surface area contributed by atoms with Crippen LogP contribution in [0.4, 0.5) is 22.0 Å². The van der Waals surface area contributed by atoms with Gasteiger partial charge in [-0.15, -0.1) is 0 Å². The third-order valence-electron chi connectivity index (χ3n) is 2.19. The second-order valence-corrected chi connectivity index (χ2v) is 3.55. The molecule has 0 saturated carbocycles. The molecule has 0 fully saturated rings. The fraction of sp³-hybridized carbons (Fsp3) is 0.400. The predicted octanol–water partition coefficient (Wildman–Crippen LogP) is 2.46. The number of carbonyl (C=O) groups is 1. The molecule has 1 aromatic heterocycles. The lowest BCUT2D eigenvalue weighted by molar-refractivity contribution is -0.270. The minimum Gasteiger partial charge on any atom is -0.344 e. The normalized spacial score (nSPS) is 14.1. The summed E-state index contributed by atoms with van der Waals surface area (Å²) < 4.78 is 61.0. The zero-order chi connectivity index (χ0) is 14.0. The third-order valence-corrected chi connectivity index (χ3v) is 2.19. The molecular formula is C10H9F5N2O. The first-order valence-electron chi connectivity index (χ1n) is 4.81. The van der Waals surface area contributed by atoms with E-state index in [0.717, 1.165) is 0 Å². The molecule has 0 radical (unpaired) electrons. The van der Waals surface area contributed by atoms with Crippen LogP contribution in [0.25, 0.3) is 0 Å². The number of aromatic nitrogens is 1. The van der Waals surface area contributed by atoms with Gasteiger partial charge in [0.25, 0.3) is 0 Å². The molecule has 0 aliphatic heterocycles. The summed E-state index contributed by atoms with van der Waals surface area (Å²) in [6, 6.07) is 1.82. The van der Waals surface area contributed by atoms with Crippen LogP contribution in [0.5, 0.6) is 0 Å². The molecule has 8 heteroatoms. The number of carbonyl (C=O) groups excluding carboxylic acids is 1. The molecule has 1 rings (SSSR count). The summed E-state index contributed by atoms with van der Waals surface area (Å²) in [5.41, 5.74) is 0.372. The van der Waals surface area contributed by atoms with Crippen molar-refractivity contribution in [1.29, 1.82) is 0 Å². The Bertz CT molecular complexity index is 418. The van der Waals surface area contributed by atoms with Crippen LogP contribution in [0, 0.1) is 0 Å². The monoisotopic (exact) mass is 268 g/mol. The predicted molar refractivity (Wildman–Crippen MR) is 51.8 cm³/mol. The van der Waals surface area contributed by atoms with Gasteiger partial charge in [0.2, 0.25) is 0 Å². The van der Waals surface area contributed by atoms with Crippen LogP contribution in [0.15, 0.2) is 24.5 Å². The van der Waals surface area contributed by atoms with Crippen LogP contribution in [-0.2, 0) is 4.79 Å². The molecule has 0 aliphatic carbocycles. The molecule has 1 aromatic rings. The molecule has 0 spiro atoms.